The number of fused-ring (bicyclic) bond motifs is 1. The number of halogens is 1. The second-order valence-corrected chi connectivity index (χ2v) is 8.81. The summed E-state index contributed by atoms with van der Waals surface area (Å²) in [5.74, 6) is -2.33. The van der Waals surface area contributed by atoms with Gasteiger partial charge in [-0.15, -0.1) is 0 Å². The molecule has 5 N–H and O–H groups in total. The number of sulfonamides is 1. The van der Waals surface area contributed by atoms with E-state index in [9.17, 15) is 23.1 Å². The highest BCUT2D eigenvalue weighted by molar-refractivity contribution is 7.89. The van der Waals surface area contributed by atoms with Crippen molar-refractivity contribution in [3.8, 4) is 16.9 Å². The predicted octanol–water partition coefficient (Wildman–Crippen LogP) is 2.08. The zero-order valence-electron chi connectivity index (χ0n) is 16.3. The molecule has 162 valence electrons. The number of carbonyl (C=O) groups is 1. The van der Waals surface area contributed by atoms with E-state index in [0.717, 1.165) is 25.0 Å². The van der Waals surface area contributed by atoms with E-state index in [1.807, 2.05) is 0 Å². The fourth-order valence-corrected chi connectivity index (χ4v) is 4.34. The summed E-state index contributed by atoms with van der Waals surface area (Å²) in [7, 11) is -2.90. The highest BCUT2D eigenvalue weighted by Gasteiger charge is 2.30. The Morgan fingerprint density at radius 3 is 2.52 bits per heavy atom. The van der Waals surface area contributed by atoms with E-state index in [0.29, 0.717) is 0 Å². The Hall–Kier alpha value is -3.44. The van der Waals surface area contributed by atoms with Crippen LogP contribution >= 0.6 is 0 Å². The first-order chi connectivity index (χ1) is 14.5. The maximum Gasteiger partial charge on any atom is 0.341 e. The number of nitrogens with two attached hydrogens (primary N) is 2. The second-order valence-electron chi connectivity index (χ2n) is 7.28. The van der Waals surface area contributed by atoms with Crippen LogP contribution in [0.5, 0.6) is 5.75 Å². The number of hydrogen-bond acceptors (Lipinski definition) is 6. The molecule has 1 fully saturated rings. The van der Waals surface area contributed by atoms with Gasteiger partial charge in [0.05, 0.1) is 29.3 Å². The van der Waals surface area contributed by atoms with Gasteiger partial charge in [0, 0.05) is 12.2 Å². The van der Waals surface area contributed by atoms with Gasteiger partial charge in [0.25, 0.3) is 0 Å². The summed E-state index contributed by atoms with van der Waals surface area (Å²) in [5, 5.41) is 14.5. The van der Waals surface area contributed by atoms with Crippen LogP contribution in [0.1, 0.15) is 29.2 Å². The zero-order chi connectivity index (χ0) is 22.7. The largest absolute Gasteiger partial charge is 0.494 e. The standard InChI is InChI=1S/C20H18FN3O6S/c1-30-19-16(9-2-5-14(22)15(6-9)31(23,28)29)13(21)7-11-17(19)24(10-3-4-10)8-12(18(11)25)20(26)27/h2,5-8,10H,3-4,22H2,1H3,(H,26,27)(H2,23,28,29). The van der Waals surface area contributed by atoms with Crippen LogP contribution in [0, 0.1) is 5.82 Å². The molecular weight excluding hydrogens is 429 g/mol. The van der Waals surface area contributed by atoms with Crippen LogP contribution in [0.3, 0.4) is 0 Å². The number of primary sulfonamides is 1. The molecule has 0 unspecified atom stereocenters. The number of methoxy groups -OCH3 is 1. The van der Waals surface area contributed by atoms with E-state index in [1.54, 1.807) is 4.57 Å². The van der Waals surface area contributed by atoms with Gasteiger partial charge in [0.15, 0.2) is 5.75 Å². The van der Waals surface area contributed by atoms with Crippen LogP contribution in [-0.4, -0.2) is 31.2 Å². The Kier molecular flexibility index (Phi) is 4.74. The highest BCUT2D eigenvalue weighted by atomic mass is 32.2. The molecule has 1 aliphatic rings. The lowest BCUT2D eigenvalue weighted by atomic mass is 9.99. The molecule has 0 bridgehead atoms. The number of nitrogens with zero attached hydrogens (tertiary/aromatic N) is 1. The lowest BCUT2D eigenvalue weighted by Crippen LogP contribution is -2.19. The molecule has 2 aromatic carbocycles. The minimum absolute atomic E-state index is 0.0268. The van der Waals surface area contributed by atoms with Gasteiger partial charge in [-0.05, 0) is 36.6 Å². The van der Waals surface area contributed by atoms with Gasteiger partial charge in [-0.3, -0.25) is 4.79 Å². The van der Waals surface area contributed by atoms with Crippen molar-refractivity contribution in [3.63, 3.8) is 0 Å². The molecule has 1 aliphatic carbocycles. The minimum Gasteiger partial charge on any atom is -0.494 e. The Morgan fingerprint density at radius 1 is 1.29 bits per heavy atom. The zero-order valence-corrected chi connectivity index (χ0v) is 17.1. The van der Waals surface area contributed by atoms with Crippen molar-refractivity contribution in [2.75, 3.05) is 12.8 Å². The van der Waals surface area contributed by atoms with Crippen LogP contribution in [0.4, 0.5) is 10.1 Å². The molecule has 1 heterocycles. The summed E-state index contributed by atoms with van der Waals surface area (Å²) in [6, 6.07) is 4.68. The van der Waals surface area contributed by atoms with E-state index in [4.69, 9.17) is 15.6 Å². The second kappa shape index (κ2) is 7.06. The predicted molar refractivity (Wildman–Crippen MR) is 111 cm³/mol. The lowest BCUT2D eigenvalue weighted by molar-refractivity contribution is 0.0694. The maximum absolute atomic E-state index is 15.3. The molecule has 31 heavy (non-hydrogen) atoms. The Balaban J connectivity index is 2.13. The van der Waals surface area contributed by atoms with Crippen molar-refractivity contribution < 1.29 is 27.4 Å². The summed E-state index contributed by atoms with van der Waals surface area (Å²) < 4.78 is 46.0. The molecular formula is C20H18FN3O6S. The van der Waals surface area contributed by atoms with Crippen molar-refractivity contribution in [2.24, 2.45) is 5.14 Å². The first kappa shape index (κ1) is 20.8. The fraction of sp³-hybridized carbons (Fsp3) is 0.200. The number of ether oxygens (including phenoxy) is 1. The molecule has 11 heteroatoms. The molecule has 1 saturated carbocycles. The van der Waals surface area contributed by atoms with Gasteiger partial charge in [-0.25, -0.2) is 22.7 Å². The molecule has 0 spiro atoms. The number of hydrogen-bond donors (Lipinski definition) is 3. The van der Waals surface area contributed by atoms with E-state index in [-0.39, 0.29) is 44.4 Å². The summed E-state index contributed by atoms with van der Waals surface area (Å²) in [6.07, 6.45) is 2.74. The van der Waals surface area contributed by atoms with Crippen LogP contribution < -0.4 is 21.0 Å². The third-order valence-corrected chi connectivity index (χ3v) is 6.17. The molecule has 9 nitrogen and oxygen atoms in total. The minimum atomic E-state index is -4.18. The number of nitrogen functional groups attached to an aromatic ring is 1. The number of aromatic carboxylic acids is 1. The van der Waals surface area contributed by atoms with Crippen molar-refractivity contribution in [3.05, 3.63) is 52.1 Å². The first-order valence-electron chi connectivity index (χ1n) is 9.16. The first-order valence-corrected chi connectivity index (χ1v) is 10.7. The Bertz CT molecular complexity index is 1430. The molecule has 1 aromatic heterocycles. The third kappa shape index (κ3) is 3.41. The van der Waals surface area contributed by atoms with Crippen LogP contribution in [0.2, 0.25) is 0 Å². The van der Waals surface area contributed by atoms with Crippen molar-refractivity contribution in [2.45, 2.75) is 23.8 Å². The number of carboxylic acids is 1. The van der Waals surface area contributed by atoms with Gasteiger partial charge in [-0.2, -0.15) is 0 Å². The molecule has 0 aliphatic heterocycles. The summed E-state index contributed by atoms with van der Waals surface area (Å²) >= 11 is 0. The summed E-state index contributed by atoms with van der Waals surface area (Å²) in [6.45, 7) is 0. The van der Waals surface area contributed by atoms with E-state index < -0.39 is 32.8 Å². The van der Waals surface area contributed by atoms with E-state index >= 15 is 4.39 Å². The van der Waals surface area contributed by atoms with Gasteiger partial charge < -0.3 is 20.1 Å². The number of aromatic nitrogens is 1. The van der Waals surface area contributed by atoms with E-state index in [2.05, 4.69) is 0 Å². The lowest BCUT2D eigenvalue weighted by Gasteiger charge is -2.19. The van der Waals surface area contributed by atoms with Crippen molar-refractivity contribution in [1.29, 1.82) is 0 Å². The Labute approximate surface area is 175 Å². The van der Waals surface area contributed by atoms with Crippen LogP contribution in [-0.2, 0) is 10.0 Å². The maximum atomic E-state index is 15.3. The normalized spacial score (nSPS) is 14.0. The average molecular weight is 447 g/mol. The molecule has 0 amide bonds. The van der Waals surface area contributed by atoms with Gasteiger partial charge >= 0.3 is 5.97 Å². The van der Waals surface area contributed by atoms with Gasteiger partial charge in [0.2, 0.25) is 15.5 Å². The number of carboxylic acid groups (broad SMARTS) is 1. The summed E-state index contributed by atoms with van der Waals surface area (Å²) in [5.41, 5.74) is 4.53. The van der Waals surface area contributed by atoms with Gasteiger partial charge in [-0.1, -0.05) is 6.07 Å². The highest BCUT2D eigenvalue weighted by Crippen LogP contribution is 2.44. The SMILES string of the molecule is COc1c(-c2ccc(N)c(S(N)(=O)=O)c2)c(F)cc2c(=O)c(C(=O)O)cn(C3CC3)c12. The van der Waals surface area contributed by atoms with Crippen LogP contribution in [0.25, 0.3) is 22.0 Å². The average Bonchev–Trinajstić information content (AvgIpc) is 3.52. The fourth-order valence-electron chi connectivity index (χ4n) is 3.65. The van der Waals surface area contributed by atoms with Crippen molar-refractivity contribution in [1.82, 2.24) is 4.57 Å². The molecule has 0 saturated heterocycles. The number of benzene rings is 2. The molecule has 0 atom stereocenters. The topological polar surface area (TPSA) is 155 Å². The summed E-state index contributed by atoms with van der Waals surface area (Å²) in [4.78, 5) is 23.9. The molecule has 4 rings (SSSR count). The van der Waals surface area contributed by atoms with Gasteiger partial charge in [0.1, 0.15) is 16.3 Å². The molecule has 3 aromatic rings. The Morgan fingerprint density at radius 2 is 1.97 bits per heavy atom. The van der Waals surface area contributed by atoms with E-state index in [1.165, 1.54) is 25.4 Å². The quantitative estimate of drug-likeness (QED) is 0.506. The smallest absolute Gasteiger partial charge is 0.341 e. The van der Waals surface area contributed by atoms with Crippen molar-refractivity contribution >= 4 is 32.6 Å². The number of anilines is 1. The monoisotopic (exact) mass is 447 g/mol. The number of pyridine rings is 1. The molecule has 0 radical (unpaired) electrons. The number of rotatable bonds is 5. The van der Waals surface area contributed by atoms with Crippen LogP contribution in [0.15, 0.2) is 40.2 Å². The third-order valence-electron chi connectivity index (χ3n) is 5.21.